The Morgan fingerprint density at radius 3 is 2.57 bits per heavy atom. The number of rotatable bonds is 9. The van der Waals surface area contributed by atoms with Crippen LogP contribution in [-0.4, -0.2) is 20.8 Å². The molecule has 0 spiro atoms. The van der Waals surface area contributed by atoms with E-state index in [4.69, 9.17) is 4.74 Å². The third kappa shape index (κ3) is 6.52. The molecule has 4 rings (SSSR count). The van der Waals surface area contributed by atoms with Crippen molar-refractivity contribution in [2.24, 2.45) is 5.10 Å². The Hall–Kier alpha value is -2.89. The Kier molecular flexibility index (Phi) is 8.88. The molecule has 0 radical (unpaired) electrons. The molecule has 0 N–H and O–H groups in total. The van der Waals surface area contributed by atoms with Crippen molar-refractivity contribution < 1.29 is 9.66 Å². The Labute approximate surface area is 237 Å². The average molecular weight is 693 g/mol. The summed E-state index contributed by atoms with van der Waals surface area (Å²) in [5.74, 6) is 0.911. The normalized spacial score (nSPS) is 11.4. The van der Waals surface area contributed by atoms with Crippen LogP contribution in [0, 0.1) is 10.1 Å². The van der Waals surface area contributed by atoms with Crippen molar-refractivity contribution in [2.75, 3.05) is 0 Å². The molecule has 3 aromatic carbocycles. The van der Waals surface area contributed by atoms with Gasteiger partial charge in [0.1, 0.15) is 18.2 Å². The third-order valence-corrected chi connectivity index (χ3v) is 7.27. The van der Waals surface area contributed by atoms with Crippen LogP contribution in [0.15, 0.2) is 77.9 Å². The van der Waals surface area contributed by atoms with E-state index in [9.17, 15) is 14.9 Å². The molecule has 190 valence electrons. The van der Waals surface area contributed by atoms with Gasteiger partial charge in [-0.25, -0.2) is 4.98 Å². The number of hydrogen-bond acceptors (Lipinski definition) is 6. The summed E-state index contributed by atoms with van der Waals surface area (Å²) in [6, 6.07) is 15.3. The van der Waals surface area contributed by atoms with Crippen LogP contribution in [0.25, 0.3) is 10.9 Å². The lowest BCUT2D eigenvalue weighted by Gasteiger charge is -2.12. The highest BCUT2D eigenvalue weighted by molar-refractivity contribution is 9.11. The summed E-state index contributed by atoms with van der Waals surface area (Å²) >= 11 is 10.3. The zero-order chi connectivity index (χ0) is 26.5. The van der Waals surface area contributed by atoms with Gasteiger partial charge in [0.05, 0.1) is 22.0 Å². The highest BCUT2D eigenvalue weighted by Gasteiger charge is 2.14. The molecular weight excluding hydrogens is 672 g/mol. The molecule has 0 aliphatic heterocycles. The number of aromatic nitrogens is 2. The predicted molar refractivity (Wildman–Crippen MR) is 155 cm³/mol. The number of non-ortho nitro benzene ring substituents is 1. The van der Waals surface area contributed by atoms with Crippen LogP contribution >= 0.6 is 47.8 Å². The summed E-state index contributed by atoms with van der Waals surface area (Å²) in [6.45, 7) is 2.28. The van der Waals surface area contributed by atoms with Crippen molar-refractivity contribution in [2.45, 2.75) is 32.8 Å². The second-order valence-electron chi connectivity index (χ2n) is 8.16. The maximum atomic E-state index is 13.4. The third-order valence-electron chi connectivity index (χ3n) is 5.54. The van der Waals surface area contributed by atoms with E-state index >= 15 is 0 Å². The van der Waals surface area contributed by atoms with Crippen LogP contribution in [-0.2, 0) is 13.0 Å². The highest BCUT2D eigenvalue weighted by Crippen LogP contribution is 2.27. The first-order valence-corrected chi connectivity index (χ1v) is 13.8. The number of ether oxygens (including phenoxy) is 1. The van der Waals surface area contributed by atoms with Crippen LogP contribution in [0.4, 0.5) is 5.69 Å². The lowest BCUT2D eigenvalue weighted by Crippen LogP contribution is -2.22. The Balaban J connectivity index is 1.76. The monoisotopic (exact) mass is 690 g/mol. The van der Waals surface area contributed by atoms with Gasteiger partial charge in [-0.05, 0) is 42.8 Å². The number of unbranched alkanes of at least 4 members (excludes halogenated alkanes) is 1. The average Bonchev–Trinajstić information content (AvgIpc) is 2.87. The zero-order valence-electron chi connectivity index (χ0n) is 19.7. The van der Waals surface area contributed by atoms with E-state index in [-0.39, 0.29) is 17.9 Å². The molecule has 0 atom stereocenters. The summed E-state index contributed by atoms with van der Waals surface area (Å²) in [5.41, 5.74) is 1.42. The zero-order valence-corrected chi connectivity index (χ0v) is 24.4. The van der Waals surface area contributed by atoms with Crippen LogP contribution in [0.5, 0.6) is 5.75 Å². The number of hydrogen-bond donors (Lipinski definition) is 0. The topological polar surface area (TPSA) is 99.6 Å². The van der Waals surface area contributed by atoms with E-state index in [0.717, 1.165) is 31.8 Å². The molecule has 0 aliphatic carbocycles. The first kappa shape index (κ1) is 27.2. The van der Waals surface area contributed by atoms with E-state index < -0.39 is 4.92 Å². The maximum absolute atomic E-state index is 13.4. The van der Waals surface area contributed by atoms with E-state index in [1.54, 1.807) is 12.1 Å². The van der Waals surface area contributed by atoms with Crippen LogP contribution in [0.1, 0.15) is 36.7 Å². The molecule has 0 unspecified atom stereocenters. The molecule has 0 aliphatic rings. The quantitative estimate of drug-likeness (QED) is 0.103. The number of fused-ring (bicyclic) bond motifs is 1. The lowest BCUT2D eigenvalue weighted by atomic mass is 10.2. The fourth-order valence-electron chi connectivity index (χ4n) is 3.61. The molecule has 0 saturated carbocycles. The SMILES string of the molecule is CCCCc1nc2ccc(Br)cc2c(=O)n1N=Cc1cc([N+](=O)[O-])ccc1OCc1ccc(Br)cc1Br. The van der Waals surface area contributed by atoms with Gasteiger partial charge in [-0.3, -0.25) is 14.9 Å². The van der Waals surface area contributed by atoms with Gasteiger partial charge in [0.15, 0.2) is 0 Å². The second kappa shape index (κ2) is 12.1. The van der Waals surface area contributed by atoms with Crippen molar-refractivity contribution in [1.82, 2.24) is 9.66 Å². The molecule has 0 saturated heterocycles. The number of nitro benzene ring substituents is 1. The number of benzene rings is 3. The molecule has 11 heteroatoms. The fraction of sp³-hybridized carbons (Fsp3) is 0.192. The number of nitro groups is 1. The largest absolute Gasteiger partial charge is 0.488 e. The Morgan fingerprint density at radius 2 is 1.84 bits per heavy atom. The minimum atomic E-state index is -0.486. The van der Waals surface area contributed by atoms with Crippen LogP contribution in [0.2, 0.25) is 0 Å². The fourth-order valence-corrected chi connectivity index (χ4v) is 5.13. The van der Waals surface area contributed by atoms with Gasteiger partial charge in [-0.1, -0.05) is 67.2 Å². The van der Waals surface area contributed by atoms with Crippen molar-refractivity contribution in [3.8, 4) is 5.75 Å². The number of halogens is 3. The Morgan fingerprint density at radius 1 is 1.08 bits per heavy atom. The molecule has 8 nitrogen and oxygen atoms in total. The minimum Gasteiger partial charge on any atom is -0.488 e. The molecule has 0 fully saturated rings. The van der Waals surface area contributed by atoms with Gasteiger partial charge < -0.3 is 4.74 Å². The molecular formula is C26H21Br3N4O4. The van der Waals surface area contributed by atoms with E-state index in [1.807, 2.05) is 24.3 Å². The number of nitrogens with zero attached hydrogens (tertiary/aromatic N) is 4. The smallest absolute Gasteiger partial charge is 0.282 e. The van der Waals surface area contributed by atoms with Gasteiger partial charge in [-0.2, -0.15) is 9.78 Å². The molecule has 0 amide bonds. The highest BCUT2D eigenvalue weighted by atomic mass is 79.9. The minimum absolute atomic E-state index is 0.113. The molecule has 1 aromatic heterocycles. The van der Waals surface area contributed by atoms with Gasteiger partial charge in [0, 0.05) is 43.1 Å². The van der Waals surface area contributed by atoms with E-state index in [1.165, 1.54) is 29.1 Å². The summed E-state index contributed by atoms with van der Waals surface area (Å²) in [7, 11) is 0. The van der Waals surface area contributed by atoms with Crippen molar-refractivity contribution >= 4 is 70.6 Å². The maximum Gasteiger partial charge on any atom is 0.282 e. The first-order valence-electron chi connectivity index (χ1n) is 11.4. The predicted octanol–water partition coefficient (Wildman–Crippen LogP) is 7.40. The lowest BCUT2D eigenvalue weighted by molar-refractivity contribution is -0.384. The molecule has 4 aromatic rings. The summed E-state index contributed by atoms with van der Waals surface area (Å²) in [4.78, 5) is 29.0. The summed E-state index contributed by atoms with van der Waals surface area (Å²) in [6.07, 6.45) is 3.72. The van der Waals surface area contributed by atoms with Gasteiger partial charge in [0.25, 0.3) is 11.2 Å². The molecule has 37 heavy (non-hydrogen) atoms. The number of aryl methyl sites for hydroxylation is 1. The first-order chi connectivity index (χ1) is 17.8. The summed E-state index contributed by atoms with van der Waals surface area (Å²) < 4.78 is 9.81. The summed E-state index contributed by atoms with van der Waals surface area (Å²) in [5, 5.41) is 16.3. The van der Waals surface area contributed by atoms with Gasteiger partial charge >= 0.3 is 0 Å². The van der Waals surface area contributed by atoms with Gasteiger partial charge in [0.2, 0.25) is 0 Å². The van der Waals surface area contributed by atoms with E-state index in [0.29, 0.717) is 34.5 Å². The van der Waals surface area contributed by atoms with Crippen molar-refractivity contribution in [1.29, 1.82) is 0 Å². The molecule has 1 heterocycles. The van der Waals surface area contributed by atoms with Gasteiger partial charge in [-0.15, -0.1) is 0 Å². The van der Waals surface area contributed by atoms with E-state index in [2.05, 4.69) is 64.8 Å². The van der Waals surface area contributed by atoms with Crippen molar-refractivity contribution in [3.05, 3.63) is 105 Å². The standard InChI is InChI=1S/C26H21Br3N4O4/c1-2-3-4-25-31-23-9-7-18(27)12-21(23)26(34)32(25)30-14-17-11-20(33(35)36)8-10-24(17)37-15-16-5-6-19(28)13-22(16)29/h5-14H,2-4,15H2,1H3. The Bertz CT molecular complexity index is 1570. The van der Waals surface area contributed by atoms with Crippen molar-refractivity contribution in [3.63, 3.8) is 0 Å². The van der Waals surface area contributed by atoms with Crippen LogP contribution in [0.3, 0.4) is 0 Å². The van der Waals surface area contributed by atoms with Crippen LogP contribution < -0.4 is 10.3 Å². The molecule has 0 bridgehead atoms. The second-order valence-corrected chi connectivity index (χ2v) is 10.8.